The second kappa shape index (κ2) is 6.80. The summed E-state index contributed by atoms with van der Waals surface area (Å²) in [5.41, 5.74) is 6.05. The minimum atomic E-state index is -0.670. The quantitative estimate of drug-likeness (QED) is 0.893. The van der Waals surface area contributed by atoms with Gasteiger partial charge in [-0.15, -0.1) is 0 Å². The van der Waals surface area contributed by atoms with Crippen LogP contribution in [0.25, 0.3) is 0 Å². The highest BCUT2D eigenvalue weighted by atomic mass is 35.5. The first-order chi connectivity index (χ1) is 11.5. The van der Waals surface area contributed by atoms with Crippen LogP contribution in [0, 0.1) is 0 Å². The molecular formula is C17H16ClN3O3. The Hall–Kier alpha value is -2.73. The van der Waals surface area contributed by atoms with Crippen molar-refractivity contribution < 1.29 is 14.3 Å². The minimum Gasteiger partial charge on any atom is -0.485 e. The number of primary amides is 1. The van der Waals surface area contributed by atoms with Crippen molar-refractivity contribution in [2.75, 3.05) is 18.4 Å². The largest absolute Gasteiger partial charge is 0.485 e. The molecule has 24 heavy (non-hydrogen) atoms. The molecule has 124 valence electrons. The van der Waals surface area contributed by atoms with Crippen molar-refractivity contribution in [2.24, 2.45) is 5.73 Å². The lowest BCUT2D eigenvalue weighted by atomic mass is 10.1. The van der Waals surface area contributed by atoms with Crippen LogP contribution in [0.1, 0.15) is 10.4 Å². The van der Waals surface area contributed by atoms with Crippen LogP contribution in [-0.2, 0) is 0 Å². The van der Waals surface area contributed by atoms with E-state index in [1.54, 1.807) is 41.3 Å². The fourth-order valence-electron chi connectivity index (χ4n) is 2.45. The number of amides is 3. The first-order valence-electron chi connectivity index (χ1n) is 7.40. The highest BCUT2D eigenvalue weighted by molar-refractivity contribution is 6.32. The number of anilines is 1. The number of carbonyl (C=O) groups is 2. The first-order valence-corrected chi connectivity index (χ1v) is 7.77. The van der Waals surface area contributed by atoms with Crippen LogP contribution in [0.4, 0.5) is 10.5 Å². The molecule has 0 spiro atoms. The van der Waals surface area contributed by atoms with Crippen LogP contribution in [0.5, 0.6) is 5.75 Å². The van der Waals surface area contributed by atoms with Crippen molar-refractivity contribution in [3.63, 3.8) is 0 Å². The van der Waals surface area contributed by atoms with Crippen molar-refractivity contribution in [3.05, 3.63) is 59.1 Å². The predicted molar refractivity (Wildman–Crippen MR) is 91.4 cm³/mol. The number of para-hydroxylation sites is 1. The molecule has 3 N–H and O–H groups in total. The third kappa shape index (κ3) is 3.60. The SMILES string of the molecule is NC(=O)Nc1cccc(C(=O)N2CC(Oc3ccccc3Cl)C2)c1. The molecule has 0 atom stereocenters. The predicted octanol–water partition coefficient (Wildman–Crippen LogP) is 2.73. The normalized spacial score (nSPS) is 14.0. The maximum Gasteiger partial charge on any atom is 0.316 e. The Kier molecular flexibility index (Phi) is 4.57. The fraction of sp³-hybridized carbons (Fsp3) is 0.176. The number of nitrogens with one attached hydrogen (secondary N) is 1. The number of rotatable bonds is 4. The lowest BCUT2D eigenvalue weighted by molar-refractivity contribution is 0.0178. The monoisotopic (exact) mass is 345 g/mol. The van der Waals surface area contributed by atoms with E-state index in [1.807, 2.05) is 12.1 Å². The average Bonchev–Trinajstić information content (AvgIpc) is 2.51. The van der Waals surface area contributed by atoms with E-state index in [9.17, 15) is 9.59 Å². The summed E-state index contributed by atoms with van der Waals surface area (Å²) in [6.07, 6.45) is -0.0826. The number of urea groups is 1. The molecule has 0 radical (unpaired) electrons. The van der Waals surface area contributed by atoms with Gasteiger partial charge in [0.25, 0.3) is 5.91 Å². The smallest absolute Gasteiger partial charge is 0.316 e. The third-order valence-corrected chi connectivity index (χ3v) is 3.95. The van der Waals surface area contributed by atoms with E-state index in [1.165, 1.54) is 0 Å². The van der Waals surface area contributed by atoms with E-state index in [2.05, 4.69) is 5.32 Å². The van der Waals surface area contributed by atoms with Gasteiger partial charge in [0.1, 0.15) is 11.9 Å². The lowest BCUT2D eigenvalue weighted by Crippen LogP contribution is -2.56. The average molecular weight is 346 g/mol. The maximum atomic E-state index is 12.4. The molecule has 6 nitrogen and oxygen atoms in total. The third-order valence-electron chi connectivity index (χ3n) is 3.64. The van der Waals surface area contributed by atoms with E-state index in [0.29, 0.717) is 35.1 Å². The van der Waals surface area contributed by atoms with Crippen molar-refractivity contribution >= 4 is 29.2 Å². The summed E-state index contributed by atoms with van der Waals surface area (Å²) in [5, 5.41) is 3.00. The molecule has 2 aromatic carbocycles. The molecule has 0 bridgehead atoms. The summed E-state index contributed by atoms with van der Waals surface area (Å²) < 4.78 is 5.77. The summed E-state index contributed by atoms with van der Waals surface area (Å²) in [6.45, 7) is 0.967. The van der Waals surface area contributed by atoms with Crippen LogP contribution in [-0.4, -0.2) is 36.0 Å². The van der Waals surface area contributed by atoms with Crippen molar-refractivity contribution in [1.82, 2.24) is 4.90 Å². The molecular weight excluding hydrogens is 330 g/mol. The van der Waals surface area contributed by atoms with Gasteiger partial charge in [0.05, 0.1) is 18.1 Å². The number of hydrogen-bond donors (Lipinski definition) is 2. The van der Waals surface area contributed by atoms with Gasteiger partial charge in [-0.1, -0.05) is 29.8 Å². The van der Waals surface area contributed by atoms with Gasteiger partial charge < -0.3 is 20.7 Å². The van der Waals surface area contributed by atoms with Crippen molar-refractivity contribution in [1.29, 1.82) is 0 Å². The number of nitrogens with two attached hydrogens (primary N) is 1. The Bertz CT molecular complexity index is 775. The number of halogens is 1. The molecule has 7 heteroatoms. The number of benzene rings is 2. The zero-order valence-electron chi connectivity index (χ0n) is 12.7. The lowest BCUT2D eigenvalue weighted by Gasteiger charge is -2.39. The molecule has 0 aromatic heterocycles. The van der Waals surface area contributed by atoms with Gasteiger partial charge >= 0.3 is 6.03 Å². The Morgan fingerprint density at radius 3 is 2.62 bits per heavy atom. The summed E-state index contributed by atoms with van der Waals surface area (Å²) in [6, 6.07) is 13.2. The van der Waals surface area contributed by atoms with Crippen LogP contribution in [0.15, 0.2) is 48.5 Å². The molecule has 1 aliphatic heterocycles. The molecule has 1 saturated heterocycles. The van der Waals surface area contributed by atoms with Gasteiger partial charge in [-0.05, 0) is 30.3 Å². The molecule has 0 saturated carbocycles. The summed E-state index contributed by atoms with van der Waals surface area (Å²) >= 11 is 6.05. The molecule has 0 aliphatic carbocycles. The van der Waals surface area contributed by atoms with Gasteiger partial charge in [0.15, 0.2) is 0 Å². The van der Waals surface area contributed by atoms with Gasteiger partial charge in [0.2, 0.25) is 0 Å². The Morgan fingerprint density at radius 1 is 1.17 bits per heavy atom. The summed E-state index contributed by atoms with van der Waals surface area (Å²) in [7, 11) is 0. The van der Waals surface area contributed by atoms with E-state index >= 15 is 0 Å². The van der Waals surface area contributed by atoms with Gasteiger partial charge in [-0.25, -0.2) is 4.79 Å². The van der Waals surface area contributed by atoms with E-state index < -0.39 is 6.03 Å². The van der Waals surface area contributed by atoms with Crippen LogP contribution in [0.2, 0.25) is 5.02 Å². The molecule has 1 aliphatic rings. The number of hydrogen-bond acceptors (Lipinski definition) is 3. The number of ether oxygens (including phenoxy) is 1. The Labute approximate surface area is 144 Å². The first kappa shape index (κ1) is 16.1. The van der Waals surface area contributed by atoms with Gasteiger partial charge in [-0.3, -0.25) is 4.79 Å². The van der Waals surface area contributed by atoms with Crippen molar-refractivity contribution in [3.8, 4) is 5.75 Å². The molecule has 1 fully saturated rings. The van der Waals surface area contributed by atoms with Crippen molar-refractivity contribution in [2.45, 2.75) is 6.10 Å². The maximum absolute atomic E-state index is 12.4. The topological polar surface area (TPSA) is 84.7 Å². The second-order valence-electron chi connectivity index (χ2n) is 5.45. The van der Waals surface area contributed by atoms with Crippen LogP contribution < -0.4 is 15.8 Å². The highest BCUT2D eigenvalue weighted by Crippen LogP contribution is 2.27. The molecule has 3 amide bonds. The number of nitrogens with zero attached hydrogens (tertiary/aromatic N) is 1. The fourth-order valence-corrected chi connectivity index (χ4v) is 2.63. The number of likely N-dealkylation sites (tertiary alicyclic amines) is 1. The molecule has 2 aromatic rings. The van der Waals surface area contributed by atoms with E-state index in [-0.39, 0.29) is 12.0 Å². The summed E-state index contributed by atoms with van der Waals surface area (Å²) in [5.74, 6) is 0.492. The Morgan fingerprint density at radius 2 is 1.92 bits per heavy atom. The number of carbonyl (C=O) groups excluding carboxylic acids is 2. The highest BCUT2D eigenvalue weighted by Gasteiger charge is 2.33. The zero-order chi connectivity index (χ0) is 17.1. The zero-order valence-corrected chi connectivity index (χ0v) is 13.5. The van der Waals surface area contributed by atoms with Gasteiger partial charge in [-0.2, -0.15) is 0 Å². The van der Waals surface area contributed by atoms with Crippen LogP contribution in [0.3, 0.4) is 0 Å². The molecule has 0 unspecified atom stereocenters. The molecule has 3 rings (SSSR count). The second-order valence-corrected chi connectivity index (χ2v) is 5.86. The van der Waals surface area contributed by atoms with E-state index in [4.69, 9.17) is 22.1 Å². The summed E-state index contributed by atoms with van der Waals surface area (Å²) in [4.78, 5) is 25.0. The standard InChI is InChI=1S/C17H16ClN3O3/c18-14-6-1-2-7-15(14)24-13-9-21(10-13)16(22)11-4-3-5-12(8-11)20-17(19)23/h1-8,13H,9-10H2,(H3,19,20,23). The molecule has 1 heterocycles. The minimum absolute atomic E-state index is 0.0826. The van der Waals surface area contributed by atoms with Crippen LogP contribution >= 0.6 is 11.6 Å². The Balaban J connectivity index is 1.59. The van der Waals surface area contributed by atoms with Gasteiger partial charge in [0, 0.05) is 11.3 Å². The van der Waals surface area contributed by atoms with E-state index in [0.717, 1.165) is 0 Å².